The van der Waals surface area contributed by atoms with Gasteiger partial charge in [-0.25, -0.2) is 0 Å². The van der Waals surface area contributed by atoms with Crippen LogP contribution in [0, 0.1) is 13.8 Å². The fraction of sp³-hybridized carbons (Fsp3) is 0.409. The average molecular weight is 405 g/mol. The Morgan fingerprint density at radius 1 is 1.00 bits per heavy atom. The van der Waals surface area contributed by atoms with Crippen molar-refractivity contribution in [3.8, 4) is 0 Å². The van der Waals surface area contributed by atoms with Crippen molar-refractivity contribution < 1.29 is 18.0 Å². The number of para-hydroxylation sites is 1. The second-order valence-electron chi connectivity index (χ2n) is 7.50. The SMILES string of the molecule is Cc1cccc(C)c1NC(=O)[C@H](C)N1CCN(c2cccc(C(F)(F)F)c2)CC1. The molecule has 4 nitrogen and oxygen atoms in total. The van der Waals surface area contributed by atoms with E-state index in [2.05, 4.69) is 10.2 Å². The van der Waals surface area contributed by atoms with E-state index in [1.54, 1.807) is 6.07 Å². The number of piperazine rings is 1. The van der Waals surface area contributed by atoms with Gasteiger partial charge in [-0.3, -0.25) is 9.69 Å². The molecule has 29 heavy (non-hydrogen) atoms. The standard InChI is InChI=1S/C22H26F3N3O/c1-15-6-4-7-16(2)20(15)26-21(29)17(3)27-10-12-28(13-11-27)19-9-5-8-18(14-19)22(23,24)25/h4-9,14,17H,10-13H2,1-3H3,(H,26,29)/t17-/m0/s1. The lowest BCUT2D eigenvalue weighted by molar-refractivity contribution is -0.137. The van der Waals surface area contributed by atoms with Crippen LogP contribution in [0.2, 0.25) is 0 Å². The van der Waals surface area contributed by atoms with E-state index in [-0.39, 0.29) is 11.9 Å². The van der Waals surface area contributed by atoms with Gasteiger partial charge < -0.3 is 10.2 Å². The van der Waals surface area contributed by atoms with E-state index in [0.717, 1.165) is 22.9 Å². The number of hydrogen-bond acceptors (Lipinski definition) is 3. The molecule has 1 atom stereocenters. The zero-order chi connectivity index (χ0) is 21.2. The highest BCUT2D eigenvalue weighted by Crippen LogP contribution is 2.32. The van der Waals surface area contributed by atoms with E-state index in [0.29, 0.717) is 31.9 Å². The number of anilines is 2. The number of nitrogens with zero attached hydrogens (tertiary/aromatic N) is 2. The van der Waals surface area contributed by atoms with E-state index >= 15 is 0 Å². The third-order valence-electron chi connectivity index (χ3n) is 5.51. The van der Waals surface area contributed by atoms with Gasteiger partial charge in [-0.1, -0.05) is 24.3 Å². The van der Waals surface area contributed by atoms with Crippen molar-refractivity contribution in [2.24, 2.45) is 0 Å². The summed E-state index contributed by atoms with van der Waals surface area (Å²) in [5.41, 5.74) is 2.79. The maximum absolute atomic E-state index is 13.0. The Bertz CT molecular complexity index is 854. The van der Waals surface area contributed by atoms with Gasteiger partial charge in [0.15, 0.2) is 0 Å². The monoisotopic (exact) mass is 405 g/mol. The Morgan fingerprint density at radius 3 is 2.17 bits per heavy atom. The predicted octanol–water partition coefficient (Wildman–Crippen LogP) is 4.47. The molecule has 1 fully saturated rings. The minimum Gasteiger partial charge on any atom is -0.369 e. The number of benzene rings is 2. The topological polar surface area (TPSA) is 35.6 Å². The first-order valence-corrected chi connectivity index (χ1v) is 9.70. The van der Waals surface area contributed by atoms with Crippen LogP contribution in [-0.4, -0.2) is 43.0 Å². The van der Waals surface area contributed by atoms with Gasteiger partial charge in [0.25, 0.3) is 0 Å². The highest BCUT2D eigenvalue weighted by molar-refractivity contribution is 5.95. The van der Waals surface area contributed by atoms with E-state index in [1.165, 1.54) is 12.1 Å². The molecule has 1 heterocycles. The summed E-state index contributed by atoms with van der Waals surface area (Å²) >= 11 is 0. The van der Waals surface area contributed by atoms with Gasteiger partial charge in [0, 0.05) is 37.6 Å². The lowest BCUT2D eigenvalue weighted by Gasteiger charge is -2.38. The highest BCUT2D eigenvalue weighted by Gasteiger charge is 2.31. The van der Waals surface area contributed by atoms with Crippen molar-refractivity contribution in [3.63, 3.8) is 0 Å². The molecule has 0 radical (unpaired) electrons. The molecule has 2 aromatic rings. The van der Waals surface area contributed by atoms with Crippen LogP contribution < -0.4 is 10.2 Å². The minimum atomic E-state index is -4.35. The van der Waals surface area contributed by atoms with Gasteiger partial charge in [-0.15, -0.1) is 0 Å². The van der Waals surface area contributed by atoms with Crippen molar-refractivity contribution in [1.29, 1.82) is 0 Å². The summed E-state index contributed by atoms with van der Waals surface area (Å²) in [4.78, 5) is 16.7. The molecule has 1 amide bonds. The van der Waals surface area contributed by atoms with E-state index < -0.39 is 11.7 Å². The molecule has 7 heteroatoms. The van der Waals surface area contributed by atoms with Crippen molar-refractivity contribution in [2.75, 3.05) is 36.4 Å². The number of nitrogens with one attached hydrogen (secondary N) is 1. The van der Waals surface area contributed by atoms with Crippen molar-refractivity contribution >= 4 is 17.3 Å². The maximum atomic E-state index is 13.0. The van der Waals surface area contributed by atoms with E-state index in [1.807, 2.05) is 43.9 Å². The Hall–Kier alpha value is -2.54. The van der Waals surface area contributed by atoms with Gasteiger partial charge >= 0.3 is 6.18 Å². The normalized spacial score (nSPS) is 16.6. The van der Waals surface area contributed by atoms with E-state index in [9.17, 15) is 18.0 Å². The smallest absolute Gasteiger partial charge is 0.369 e. The number of hydrogen-bond donors (Lipinski definition) is 1. The largest absolute Gasteiger partial charge is 0.416 e. The lowest BCUT2D eigenvalue weighted by atomic mass is 10.1. The molecule has 0 aliphatic carbocycles. The minimum absolute atomic E-state index is 0.0741. The lowest BCUT2D eigenvalue weighted by Crippen LogP contribution is -2.53. The third-order valence-corrected chi connectivity index (χ3v) is 5.51. The average Bonchev–Trinajstić information content (AvgIpc) is 2.70. The summed E-state index contributed by atoms with van der Waals surface area (Å²) < 4.78 is 38.9. The third kappa shape index (κ3) is 4.90. The molecule has 2 aromatic carbocycles. The van der Waals surface area contributed by atoms with Gasteiger partial charge in [-0.2, -0.15) is 13.2 Å². The van der Waals surface area contributed by atoms with Crippen molar-refractivity contribution in [2.45, 2.75) is 33.0 Å². The molecule has 0 aromatic heterocycles. The first-order chi connectivity index (χ1) is 13.7. The summed E-state index contributed by atoms with van der Waals surface area (Å²) in [6.45, 7) is 8.14. The Balaban J connectivity index is 1.61. The molecule has 0 unspecified atom stereocenters. The molecule has 1 aliphatic heterocycles. The molecular weight excluding hydrogens is 379 g/mol. The van der Waals surface area contributed by atoms with Crippen LogP contribution in [0.15, 0.2) is 42.5 Å². The summed E-state index contributed by atoms with van der Waals surface area (Å²) in [5, 5.41) is 3.02. The van der Waals surface area contributed by atoms with E-state index in [4.69, 9.17) is 0 Å². The van der Waals surface area contributed by atoms with Gasteiger partial charge in [0.05, 0.1) is 11.6 Å². The van der Waals surface area contributed by atoms with Gasteiger partial charge in [-0.05, 0) is 50.1 Å². The summed E-state index contributed by atoms with van der Waals surface area (Å²) in [7, 11) is 0. The van der Waals surface area contributed by atoms with Crippen LogP contribution in [0.25, 0.3) is 0 Å². The number of carbonyl (C=O) groups is 1. The molecule has 0 saturated carbocycles. The molecule has 1 N–H and O–H groups in total. The van der Waals surface area contributed by atoms with Crippen LogP contribution in [0.4, 0.5) is 24.5 Å². The Kier molecular flexibility index (Phi) is 6.17. The molecule has 0 bridgehead atoms. The molecule has 3 rings (SSSR count). The van der Waals surface area contributed by atoms with Crippen molar-refractivity contribution in [1.82, 2.24) is 4.90 Å². The summed E-state index contributed by atoms with van der Waals surface area (Å²) in [6.07, 6.45) is -4.35. The fourth-order valence-corrected chi connectivity index (χ4v) is 3.65. The zero-order valence-corrected chi connectivity index (χ0v) is 16.9. The highest BCUT2D eigenvalue weighted by atomic mass is 19.4. The van der Waals surface area contributed by atoms with Crippen LogP contribution in [0.5, 0.6) is 0 Å². The number of amides is 1. The quantitative estimate of drug-likeness (QED) is 0.815. The molecule has 156 valence electrons. The molecular formula is C22H26F3N3O. The number of carbonyl (C=O) groups excluding carboxylic acids is 1. The Morgan fingerprint density at radius 2 is 1.59 bits per heavy atom. The second kappa shape index (κ2) is 8.45. The van der Waals surface area contributed by atoms with Crippen LogP contribution in [0.3, 0.4) is 0 Å². The van der Waals surface area contributed by atoms with Crippen molar-refractivity contribution in [3.05, 3.63) is 59.2 Å². The number of halogens is 3. The van der Waals surface area contributed by atoms with Crippen LogP contribution in [-0.2, 0) is 11.0 Å². The first kappa shape index (κ1) is 21.2. The molecule has 1 aliphatic rings. The predicted molar refractivity (Wildman–Crippen MR) is 109 cm³/mol. The van der Waals surface area contributed by atoms with Crippen LogP contribution in [0.1, 0.15) is 23.6 Å². The van der Waals surface area contributed by atoms with Crippen LogP contribution >= 0.6 is 0 Å². The number of aryl methyl sites for hydroxylation is 2. The summed E-state index contributed by atoms with van der Waals surface area (Å²) in [5.74, 6) is -0.0741. The fourth-order valence-electron chi connectivity index (χ4n) is 3.65. The second-order valence-corrected chi connectivity index (χ2v) is 7.50. The molecule has 0 spiro atoms. The Labute approximate surface area is 169 Å². The number of rotatable bonds is 4. The maximum Gasteiger partial charge on any atom is 0.416 e. The van der Waals surface area contributed by atoms with Gasteiger partial charge in [0.1, 0.15) is 0 Å². The summed E-state index contributed by atoms with van der Waals surface area (Å²) in [6, 6.07) is 11.0. The zero-order valence-electron chi connectivity index (χ0n) is 16.9. The first-order valence-electron chi connectivity index (χ1n) is 9.70. The van der Waals surface area contributed by atoms with Gasteiger partial charge in [0.2, 0.25) is 5.91 Å². The number of alkyl halides is 3. The molecule has 1 saturated heterocycles.